The van der Waals surface area contributed by atoms with Crippen molar-refractivity contribution in [3.05, 3.63) is 10.5 Å². The van der Waals surface area contributed by atoms with E-state index < -0.39 is 7.60 Å². The van der Waals surface area contributed by atoms with E-state index in [4.69, 9.17) is 25.4 Å². The van der Waals surface area contributed by atoms with Gasteiger partial charge in [-0.1, -0.05) is 0 Å². The van der Waals surface area contributed by atoms with E-state index in [9.17, 15) is 4.57 Å². The summed E-state index contributed by atoms with van der Waals surface area (Å²) in [5.74, 6) is 0. The number of rotatable bonds is 7. The van der Waals surface area contributed by atoms with Crippen LogP contribution in [0.5, 0.6) is 0 Å². The van der Waals surface area contributed by atoms with Crippen LogP contribution < -0.4 is 0 Å². The zero-order valence-electron chi connectivity index (χ0n) is 9.58. The molecule has 0 aliphatic carbocycles. The van der Waals surface area contributed by atoms with Crippen molar-refractivity contribution in [1.82, 2.24) is 0 Å². The molecule has 0 fully saturated rings. The average Bonchev–Trinajstić information content (AvgIpc) is 2.17. The molecule has 0 N–H and O–H groups in total. The minimum atomic E-state index is -3.27. The Balaban J connectivity index is 4.90. The zero-order valence-corrected chi connectivity index (χ0v) is 11.2. The third-order valence-electron chi connectivity index (χ3n) is 1.56. The van der Waals surface area contributed by atoms with Crippen molar-refractivity contribution in [3.8, 4) is 0 Å². The van der Waals surface area contributed by atoms with Crippen LogP contribution >= 0.6 is 19.2 Å². The van der Waals surface area contributed by atoms with Crippen LogP contribution in [0.25, 0.3) is 0 Å². The molecule has 90 valence electrons. The molecular weight excluding hydrogens is 239 g/mol. The fraction of sp³-hybridized carbons (Fsp3) is 0.778. The number of hydrogen-bond acceptors (Lipinski definition) is 4. The summed E-state index contributed by atoms with van der Waals surface area (Å²) in [6.45, 7) is 7.87. The highest BCUT2D eigenvalue weighted by Crippen LogP contribution is 2.57. The summed E-state index contributed by atoms with van der Waals surface area (Å²) < 4.78 is 27.4. The molecule has 4 nitrogen and oxygen atoms in total. The molecule has 0 spiro atoms. The molecule has 0 heterocycles. The Morgan fingerprint density at radius 1 is 1.13 bits per heavy atom. The van der Waals surface area contributed by atoms with Crippen LogP contribution in [0.1, 0.15) is 27.7 Å². The van der Waals surface area contributed by atoms with Gasteiger partial charge in [-0.25, -0.2) is 0 Å². The summed E-state index contributed by atoms with van der Waals surface area (Å²) in [7, 11) is -3.27. The Morgan fingerprint density at radius 3 is 1.93 bits per heavy atom. The van der Waals surface area contributed by atoms with Gasteiger partial charge in [0.2, 0.25) is 0 Å². The first kappa shape index (κ1) is 15.0. The first-order valence-electron chi connectivity index (χ1n) is 4.90. The van der Waals surface area contributed by atoms with Crippen molar-refractivity contribution in [2.24, 2.45) is 0 Å². The Bertz CT molecular complexity index is 255. The molecule has 0 aromatic rings. The number of allylic oxidation sites excluding steroid dienone is 1. The molecule has 0 bridgehead atoms. The molecule has 0 saturated carbocycles. The third-order valence-corrected chi connectivity index (χ3v) is 4.31. The van der Waals surface area contributed by atoms with Crippen LogP contribution in [0.15, 0.2) is 10.5 Å². The highest BCUT2D eigenvalue weighted by Gasteiger charge is 2.29. The van der Waals surface area contributed by atoms with Crippen molar-refractivity contribution in [1.29, 1.82) is 0 Å². The van der Waals surface area contributed by atoms with E-state index in [1.54, 1.807) is 27.7 Å². The van der Waals surface area contributed by atoms with Gasteiger partial charge in [0.15, 0.2) is 5.22 Å². The van der Waals surface area contributed by atoms with Gasteiger partial charge in [0.25, 0.3) is 0 Å². The van der Waals surface area contributed by atoms with Crippen LogP contribution in [-0.2, 0) is 18.3 Å². The highest BCUT2D eigenvalue weighted by molar-refractivity contribution is 7.58. The van der Waals surface area contributed by atoms with Gasteiger partial charge in [-0.15, -0.1) is 0 Å². The molecule has 0 aromatic carbocycles. The predicted molar refractivity (Wildman–Crippen MR) is 61.0 cm³/mol. The maximum absolute atomic E-state index is 12.2. The Labute approximate surface area is 96.1 Å². The molecule has 0 radical (unpaired) electrons. The maximum Gasteiger partial charge on any atom is 0.361 e. The number of hydrogen-bond donors (Lipinski definition) is 0. The number of halogens is 1. The van der Waals surface area contributed by atoms with Crippen LogP contribution in [-0.4, -0.2) is 19.8 Å². The molecule has 0 aliphatic rings. The molecule has 0 aromatic heterocycles. The summed E-state index contributed by atoms with van der Waals surface area (Å²) >= 11 is 5.81. The lowest BCUT2D eigenvalue weighted by Gasteiger charge is -2.18. The fourth-order valence-corrected chi connectivity index (χ4v) is 2.75. The molecule has 0 aliphatic heterocycles. The predicted octanol–water partition coefficient (Wildman–Crippen LogP) is 3.72. The minimum Gasteiger partial charge on any atom is -0.483 e. The van der Waals surface area contributed by atoms with Gasteiger partial charge in [-0.3, -0.25) is 4.57 Å². The van der Waals surface area contributed by atoms with Gasteiger partial charge in [0, 0.05) is 0 Å². The standard InChI is InChI=1S/C9H18ClO4P/c1-5-12-9(10)8(4)15(11,13-6-2)14-7-3/h5-7H2,1-4H3/b9-8+. The second-order valence-electron chi connectivity index (χ2n) is 2.63. The summed E-state index contributed by atoms with van der Waals surface area (Å²) in [4.78, 5) is 0. The average molecular weight is 257 g/mol. The largest absolute Gasteiger partial charge is 0.483 e. The van der Waals surface area contributed by atoms with Gasteiger partial charge >= 0.3 is 7.60 Å². The third kappa shape index (κ3) is 4.56. The van der Waals surface area contributed by atoms with Gasteiger partial charge in [-0.2, -0.15) is 0 Å². The lowest BCUT2D eigenvalue weighted by atomic mass is 10.7. The second-order valence-corrected chi connectivity index (χ2v) is 5.15. The quantitative estimate of drug-likeness (QED) is 0.514. The molecule has 0 rings (SSSR count). The summed E-state index contributed by atoms with van der Waals surface area (Å²) in [5, 5.41) is 0.400. The van der Waals surface area contributed by atoms with Crippen molar-refractivity contribution in [2.45, 2.75) is 27.7 Å². The Morgan fingerprint density at radius 2 is 1.60 bits per heavy atom. The van der Waals surface area contributed by atoms with E-state index in [0.717, 1.165) is 0 Å². The normalized spacial score (nSPS) is 13.7. The van der Waals surface area contributed by atoms with Crippen molar-refractivity contribution >= 4 is 19.2 Å². The minimum absolute atomic E-state index is 0.0859. The van der Waals surface area contributed by atoms with E-state index >= 15 is 0 Å². The van der Waals surface area contributed by atoms with E-state index in [1.165, 1.54) is 0 Å². The van der Waals surface area contributed by atoms with E-state index in [0.29, 0.717) is 25.1 Å². The Kier molecular flexibility index (Phi) is 7.28. The van der Waals surface area contributed by atoms with Crippen molar-refractivity contribution in [3.63, 3.8) is 0 Å². The van der Waals surface area contributed by atoms with Crippen LogP contribution in [0, 0.1) is 0 Å². The Hall–Kier alpha value is -0.0200. The SMILES string of the molecule is CCO/C(Cl)=C(\C)P(=O)(OCC)OCC. The first-order chi connectivity index (χ1) is 7.01. The lowest BCUT2D eigenvalue weighted by Crippen LogP contribution is -1.99. The zero-order chi connectivity index (χ0) is 11.9. The molecular formula is C9H18ClO4P. The van der Waals surface area contributed by atoms with Crippen LogP contribution in [0.4, 0.5) is 0 Å². The number of ether oxygens (including phenoxy) is 1. The highest BCUT2D eigenvalue weighted by atomic mass is 35.5. The fourth-order valence-electron chi connectivity index (χ4n) is 0.910. The molecule has 0 unspecified atom stereocenters. The lowest BCUT2D eigenvalue weighted by molar-refractivity contribution is 0.220. The van der Waals surface area contributed by atoms with Crippen molar-refractivity contribution < 1.29 is 18.3 Å². The molecule has 0 amide bonds. The summed E-state index contributed by atoms with van der Waals surface area (Å²) in [6, 6.07) is 0. The van der Waals surface area contributed by atoms with Crippen molar-refractivity contribution in [2.75, 3.05) is 19.8 Å². The van der Waals surface area contributed by atoms with Gasteiger partial charge in [0.1, 0.15) is 0 Å². The topological polar surface area (TPSA) is 44.8 Å². The molecule has 6 heteroatoms. The molecule has 0 saturated heterocycles. The second kappa shape index (κ2) is 7.29. The van der Waals surface area contributed by atoms with E-state index in [2.05, 4.69) is 0 Å². The molecule has 15 heavy (non-hydrogen) atoms. The summed E-state index contributed by atoms with van der Waals surface area (Å²) in [5.41, 5.74) is 0. The first-order valence-corrected chi connectivity index (χ1v) is 6.82. The smallest absolute Gasteiger partial charge is 0.361 e. The van der Waals surface area contributed by atoms with Gasteiger partial charge in [0.05, 0.1) is 25.1 Å². The monoisotopic (exact) mass is 256 g/mol. The molecule has 0 atom stereocenters. The van der Waals surface area contributed by atoms with Crippen LogP contribution in [0.2, 0.25) is 0 Å². The summed E-state index contributed by atoms with van der Waals surface area (Å²) in [6.07, 6.45) is 0. The van der Waals surface area contributed by atoms with E-state index in [-0.39, 0.29) is 5.22 Å². The maximum atomic E-state index is 12.2. The van der Waals surface area contributed by atoms with E-state index in [1.807, 2.05) is 0 Å². The van der Waals surface area contributed by atoms with Gasteiger partial charge in [-0.05, 0) is 39.3 Å². The van der Waals surface area contributed by atoms with Crippen LogP contribution in [0.3, 0.4) is 0 Å². The van der Waals surface area contributed by atoms with Gasteiger partial charge < -0.3 is 13.8 Å².